The predicted molar refractivity (Wildman–Crippen MR) is 50.7 cm³/mol. The van der Waals surface area contributed by atoms with Crippen molar-refractivity contribution in [3.8, 4) is 0 Å². The highest BCUT2D eigenvalue weighted by Gasteiger charge is 2.21. The Hall–Kier alpha value is -1.07. The number of carbonyl (C=O) groups excluding carboxylic acids is 1. The van der Waals surface area contributed by atoms with Gasteiger partial charge < -0.3 is 5.32 Å². The molecule has 4 nitrogen and oxygen atoms in total. The molecule has 1 heterocycles. The first kappa shape index (κ1) is 9.48. The summed E-state index contributed by atoms with van der Waals surface area (Å²) in [5, 5.41) is 2.59. The second kappa shape index (κ2) is 2.96. The lowest BCUT2D eigenvalue weighted by atomic mass is 10.1. The van der Waals surface area contributed by atoms with Crippen LogP contribution in [0.1, 0.15) is 15.9 Å². The predicted octanol–water partition coefficient (Wildman–Crippen LogP) is 0.858. The normalized spacial score (nSPS) is 15.1. The zero-order valence-corrected chi connectivity index (χ0v) is 8.52. The SMILES string of the molecule is O=C1NCc2ccc(S(=O)(=O)Cl)cc21. The summed E-state index contributed by atoms with van der Waals surface area (Å²) in [5.41, 5.74) is 1.17. The average Bonchev–Trinajstić information content (AvgIpc) is 2.46. The molecule has 1 aromatic carbocycles. The van der Waals surface area contributed by atoms with E-state index in [9.17, 15) is 13.2 Å². The molecule has 1 aliphatic rings. The van der Waals surface area contributed by atoms with Gasteiger partial charge in [-0.25, -0.2) is 8.42 Å². The molecule has 6 heteroatoms. The third-order valence-corrected chi connectivity index (χ3v) is 3.40. The van der Waals surface area contributed by atoms with Crippen LogP contribution in [0.4, 0.5) is 0 Å². The molecule has 0 saturated heterocycles. The molecule has 0 radical (unpaired) electrons. The van der Waals surface area contributed by atoms with Crippen LogP contribution in [0, 0.1) is 0 Å². The Labute approximate surface area is 85.3 Å². The van der Waals surface area contributed by atoms with E-state index in [0.29, 0.717) is 12.1 Å². The van der Waals surface area contributed by atoms with Gasteiger partial charge in [0.25, 0.3) is 15.0 Å². The Kier molecular flexibility index (Phi) is 2.01. The Morgan fingerprint density at radius 2 is 2.07 bits per heavy atom. The minimum Gasteiger partial charge on any atom is -0.348 e. The Morgan fingerprint density at radius 3 is 2.71 bits per heavy atom. The van der Waals surface area contributed by atoms with Crippen molar-refractivity contribution in [2.45, 2.75) is 11.4 Å². The first-order valence-electron chi connectivity index (χ1n) is 3.84. The van der Waals surface area contributed by atoms with E-state index in [4.69, 9.17) is 10.7 Å². The summed E-state index contributed by atoms with van der Waals surface area (Å²) in [5.74, 6) is -0.262. The van der Waals surface area contributed by atoms with Crippen LogP contribution < -0.4 is 5.32 Å². The monoisotopic (exact) mass is 231 g/mol. The minimum absolute atomic E-state index is 0.0463. The first-order valence-corrected chi connectivity index (χ1v) is 6.15. The number of benzene rings is 1. The highest BCUT2D eigenvalue weighted by molar-refractivity contribution is 8.13. The smallest absolute Gasteiger partial charge is 0.261 e. The fourth-order valence-corrected chi connectivity index (χ4v) is 2.12. The zero-order chi connectivity index (χ0) is 10.3. The minimum atomic E-state index is -3.76. The van der Waals surface area contributed by atoms with Gasteiger partial charge in [0, 0.05) is 22.8 Å². The fraction of sp³-hybridized carbons (Fsp3) is 0.125. The first-order chi connectivity index (χ1) is 6.48. The van der Waals surface area contributed by atoms with Gasteiger partial charge in [0.1, 0.15) is 0 Å². The van der Waals surface area contributed by atoms with E-state index >= 15 is 0 Å². The van der Waals surface area contributed by atoms with Crippen LogP contribution in [-0.2, 0) is 15.6 Å². The van der Waals surface area contributed by atoms with Crippen molar-refractivity contribution >= 4 is 25.6 Å². The molecule has 0 spiro atoms. The third kappa shape index (κ3) is 1.49. The summed E-state index contributed by atoms with van der Waals surface area (Å²) in [6.07, 6.45) is 0. The standard InChI is InChI=1S/C8H6ClNO3S/c9-14(12,13)6-2-1-5-4-10-8(11)7(5)3-6/h1-3H,4H2,(H,10,11). The van der Waals surface area contributed by atoms with E-state index in [1.54, 1.807) is 6.07 Å². The largest absolute Gasteiger partial charge is 0.348 e. The molecule has 0 fully saturated rings. The van der Waals surface area contributed by atoms with Gasteiger partial charge in [-0.15, -0.1) is 0 Å². The molecule has 0 saturated carbocycles. The molecule has 1 N–H and O–H groups in total. The zero-order valence-electron chi connectivity index (χ0n) is 6.95. The van der Waals surface area contributed by atoms with Crippen molar-refractivity contribution in [1.82, 2.24) is 5.32 Å². The van der Waals surface area contributed by atoms with E-state index in [2.05, 4.69) is 5.32 Å². The van der Waals surface area contributed by atoms with Crippen molar-refractivity contribution in [1.29, 1.82) is 0 Å². The maximum atomic E-state index is 11.2. The summed E-state index contributed by atoms with van der Waals surface area (Å²) in [6, 6.07) is 4.27. The quantitative estimate of drug-likeness (QED) is 0.729. The number of halogens is 1. The molecular weight excluding hydrogens is 226 g/mol. The Balaban J connectivity index is 2.61. The lowest BCUT2D eigenvalue weighted by Crippen LogP contribution is -2.12. The molecule has 0 atom stereocenters. The molecule has 1 amide bonds. The topological polar surface area (TPSA) is 63.2 Å². The molecule has 74 valence electrons. The van der Waals surface area contributed by atoms with Gasteiger partial charge in [0.05, 0.1) is 4.90 Å². The van der Waals surface area contributed by atoms with Crippen LogP contribution in [-0.4, -0.2) is 14.3 Å². The van der Waals surface area contributed by atoms with E-state index in [0.717, 1.165) is 5.56 Å². The molecule has 14 heavy (non-hydrogen) atoms. The number of hydrogen-bond acceptors (Lipinski definition) is 3. The van der Waals surface area contributed by atoms with Crippen LogP contribution >= 0.6 is 10.7 Å². The fourth-order valence-electron chi connectivity index (χ4n) is 1.34. The molecule has 0 bridgehead atoms. The maximum Gasteiger partial charge on any atom is 0.261 e. The van der Waals surface area contributed by atoms with E-state index < -0.39 is 9.05 Å². The van der Waals surface area contributed by atoms with Gasteiger partial charge in [-0.3, -0.25) is 4.79 Å². The highest BCUT2D eigenvalue weighted by atomic mass is 35.7. The number of hydrogen-bond donors (Lipinski definition) is 1. The van der Waals surface area contributed by atoms with Crippen LogP contribution in [0.25, 0.3) is 0 Å². The highest BCUT2D eigenvalue weighted by Crippen LogP contribution is 2.22. The van der Waals surface area contributed by atoms with Gasteiger partial charge in [-0.05, 0) is 17.7 Å². The summed E-state index contributed by atoms with van der Waals surface area (Å²) < 4.78 is 21.9. The van der Waals surface area contributed by atoms with Gasteiger partial charge in [-0.1, -0.05) is 6.07 Å². The molecule has 2 rings (SSSR count). The summed E-state index contributed by atoms with van der Waals surface area (Å²) >= 11 is 0. The molecule has 0 aliphatic carbocycles. The second-order valence-corrected chi connectivity index (χ2v) is 5.51. The van der Waals surface area contributed by atoms with Crippen molar-refractivity contribution in [3.63, 3.8) is 0 Å². The van der Waals surface area contributed by atoms with Gasteiger partial charge in [-0.2, -0.15) is 0 Å². The molecule has 0 aromatic heterocycles. The number of fused-ring (bicyclic) bond motifs is 1. The van der Waals surface area contributed by atoms with Gasteiger partial charge >= 0.3 is 0 Å². The number of nitrogens with one attached hydrogen (secondary N) is 1. The summed E-state index contributed by atoms with van der Waals surface area (Å²) in [6.45, 7) is 0.441. The van der Waals surface area contributed by atoms with Crippen molar-refractivity contribution in [2.24, 2.45) is 0 Å². The van der Waals surface area contributed by atoms with Gasteiger partial charge in [0.15, 0.2) is 0 Å². The van der Waals surface area contributed by atoms with Gasteiger partial charge in [0.2, 0.25) is 0 Å². The second-order valence-electron chi connectivity index (χ2n) is 2.94. The number of carbonyl (C=O) groups is 1. The Bertz CT molecular complexity index is 509. The molecule has 1 aromatic rings. The molecular formula is C8H6ClNO3S. The van der Waals surface area contributed by atoms with Crippen molar-refractivity contribution < 1.29 is 13.2 Å². The average molecular weight is 232 g/mol. The van der Waals surface area contributed by atoms with E-state index in [1.807, 2.05) is 0 Å². The number of rotatable bonds is 1. The maximum absolute atomic E-state index is 11.2. The lowest BCUT2D eigenvalue weighted by molar-refractivity contribution is 0.0965. The number of amides is 1. The van der Waals surface area contributed by atoms with E-state index in [-0.39, 0.29) is 10.8 Å². The van der Waals surface area contributed by atoms with Crippen LogP contribution in [0.2, 0.25) is 0 Å². The van der Waals surface area contributed by atoms with E-state index in [1.165, 1.54) is 12.1 Å². The Morgan fingerprint density at radius 1 is 1.36 bits per heavy atom. The molecule has 1 aliphatic heterocycles. The lowest BCUT2D eigenvalue weighted by Gasteiger charge is -1.98. The van der Waals surface area contributed by atoms with Crippen molar-refractivity contribution in [3.05, 3.63) is 29.3 Å². The summed E-state index contributed by atoms with van der Waals surface area (Å²) in [7, 11) is 1.39. The van der Waals surface area contributed by atoms with Crippen LogP contribution in [0.5, 0.6) is 0 Å². The van der Waals surface area contributed by atoms with Crippen LogP contribution in [0.3, 0.4) is 0 Å². The summed E-state index contributed by atoms with van der Waals surface area (Å²) in [4.78, 5) is 11.1. The third-order valence-electron chi connectivity index (χ3n) is 2.05. The van der Waals surface area contributed by atoms with Crippen molar-refractivity contribution in [2.75, 3.05) is 0 Å². The van der Waals surface area contributed by atoms with Crippen LogP contribution in [0.15, 0.2) is 23.1 Å². The molecule has 0 unspecified atom stereocenters.